The third-order valence-corrected chi connectivity index (χ3v) is 4.09. The smallest absolute Gasteiger partial charge is 0.344 e. The summed E-state index contributed by atoms with van der Waals surface area (Å²) in [4.78, 5) is 12.6. The van der Waals surface area contributed by atoms with Crippen molar-refractivity contribution in [3.63, 3.8) is 0 Å². The van der Waals surface area contributed by atoms with Crippen LogP contribution in [0.25, 0.3) is 22.1 Å². The Morgan fingerprint density at radius 1 is 1.00 bits per heavy atom. The summed E-state index contributed by atoms with van der Waals surface area (Å²) in [6.45, 7) is 3.70. The molecule has 1 aromatic heterocycles. The third-order valence-electron chi connectivity index (χ3n) is 4.09. The number of ether oxygens (including phenoxy) is 1. The first kappa shape index (κ1) is 13.7. The Morgan fingerprint density at radius 3 is 2.48 bits per heavy atom. The number of benzene rings is 2. The van der Waals surface area contributed by atoms with E-state index in [4.69, 9.17) is 9.15 Å². The quantitative estimate of drug-likeness (QED) is 0.621. The molecule has 0 saturated heterocycles. The van der Waals surface area contributed by atoms with Gasteiger partial charge in [0, 0.05) is 28.6 Å². The monoisotopic (exact) mass is 310 g/mol. The molecular formula is C18H14O5. The van der Waals surface area contributed by atoms with Crippen molar-refractivity contribution >= 4 is 11.0 Å². The maximum atomic E-state index is 12.6. The maximum absolute atomic E-state index is 12.6. The van der Waals surface area contributed by atoms with Crippen LogP contribution >= 0.6 is 0 Å². The lowest BCUT2D eigenvalue weighted by molar-refractivity contribution is 0.106. The molecule has 2 aromatic carbocycles. The molecule has 0 amide bonds. The molecule has 0 radical (unpaired) electrons. The summed E-state index contributed by atoms with van der Waals surface area (Å²) >= 11 is 0. The van der Waals surface area contributed by atoms with Crippen molar-refractivity contribution in [2.75, 3.05) is 0 Å². The summed E-state index contributed by atoms with van der Waals surface area (Å²) in [6, 6.07) is 9.31. The highest BCUT2D eigenvalue weighted by Gasteiger charge is 2.37. The first-order valence-corrected chi connectivity index (χ1v) is 7.19. The highest BCUT2D eigenvalue weighted by molar-refractivity contribution is 5.91. The predicted octanol–water partition coefficient (Wildman–Crippen LogP) is 3.50. The second-order valence-electron chi connectivity index (χ2n) is 6.11. The fraction of sp³-hybridized carbons (Fsp3) is 0.167. The Labute approximate surface area is 131 Å². The Hall–Kier alpha value is -2.95. The van der Waals surface area contributed by atoms with Gasteiger partial charge in [-0.15, -0.1) is 0 Å². The Bertz CT molecular complexity index is 1010. The SMILES string of the molecule is CC1(C)Oc2cc(O)ccc2-c2c1c1ccc(O)cc1oc2=O. The van der Waals surface area contributed by atoms with E-state index in [1.54, 1.807) is 18.2 Å². The Balaban J connectivity index is 2.19. The van der Waals surface area contributed by atoms with E-state index in [9.17, 15) is 15.0 Å². The van der Waals surface area contributed by atoms with E-state index >= 15 is 0 Å². The second kappa shape index (κ2) is 4.29. The molecule has 0 saturated carbocycles. The number of rotatable bonds is 0. The van der Waals surface area contributed by atoms with E-state index in [-0.39, 0.29) is 11.5 Å². The molecule has 116 valence electrons. The topological polar surface area (TPSA) is 79.9 Å². The van der Waals surface area contributed by atoms with E-state index in [0.717, 1.165) is 0 Å². The molecule has 0 fully saturated rings. The van der Waals surface area contributed by atoms with Crippen LogP contribution in [0, 0.1) is 0 Å². The summed E-state index contributed by atoms with van der Waals surface area (Å²) in [7, 11) is 0. The van der Waals surface area contributed by atoms with Crippen LogP contribution in [0.1, 0.15) is 19.4 Å². The molecule has 1 aliphatic rings. The minimum atomic E-state index is -0.790. The van der Waals surface area contributed by atoms with Crippen LogP contribution in [0.2, 0.25) is 0 Å². The van der Waals surface area contributed by atoms with Gasteiger partial charge in [-0.2, -0.15) is 0 Å². The van der Waals surface area contributed by atoms with Crippen molar-refractivity contribution in [1.29, 1.82) is 0 Å². The highest BCUT2D eigenvalue weighted by Crippen LogP contribution is 2.47. The van der Waals surface area contributed by atoms with Crippen molar-refractivity contribution in [2.45, 2.75) is 19.4 Å². The molecule has 3 aromatic rings. The first-order valence-electron chi connectivity index (χ1n) is 7.19. The van der Waals surface area contributed by atoms with Crippen molar-refractivity contribution < 1.29 is 19.4 Å². The van der Waals surface area contributed by atoms with Crippen LogP contribution in [0.15, 0.2) is 45.6 Å². The van der Waals surface area contributed by atoms with Crippen molar-refractivity contribution in [1.82, 2.24) is 0 Å². The van der Waals surface area contributed by atoms with Gasteiger partial charge in [0.2, 0.25) is 0 Å². The van der Waals surface area contributed by atoms with Crippen molar-refractivity contribution in [3.8, 4) is 28.4 Å². The zero-order chi connectivity index (χ0) is 16.4. The zero-order valence-corrected chi connectivity index (χ0v) is 12.6. The number of fused-ring (bicyclic) bond motifs is 5. The van der Waals surface area contributed by atoms with E-state index < -0.39 is 11.2 Å². The van der Waals surface area contributed by atoms with E-state index in [2.05, 4.69) is 0 Å². The largest absolute Gasteiger partial charge is 0.508 e. The number of hydrogen-bond acceptors (Lipinski definition) is 5. The summed E-state index contributed by atoms with van der Waals surface area (Å²) < 4.78 is 11.4. The third kappa shape index (κ3) is 1.90. The predicted molar refractivity (Wildman–Crippen MR) is 84.9 cm³/mol. The van der Waals surface area contributed by atoms with Crippen molar-refractivity contribution in [3.05, 3.63) is 52.4 Å². The van der Waals surface area contributed by atoms with Gasteiger partial charge < -0.3 is 19.4 Å². The van der Waals surface area contributed by atoms with Gasteiger partial charge in [0.1, 0.15) is 28.4 Å². The number of aromatic hydroxyl groups is 2. The molecule has 0 bridgehead atoms. The summed E-state index contributed by atoms with van der Waals surface area (Å²) in [5.41, 5.74) is 0.743. The minimum Gasteiger partial charge on any atom is -0.508 e. The van der Waals surface area contributed by atoms with E-state index in [1.165, 1.54) is 18.2 Å². The highest BCUT2D eigenvalue weighted by atomic mass is 16.5. The van der Waals surface area contributed by atoms with Crippen LogP contribution < -0.4 is 10.4 Å². The lowest BCUT2D eigenvalue weighted by Crippen LogP contribution is -2.32. The first-order chi connectivity index (χ1) is 10.9. The molecule has 0 unspecified atom stereocenters. The fourth-order valence-electron chi connectivity index (χ4n) is 3.19. The van der Waals surface area contributed by atoms with Gasteiger partial charge >= 0.3 is 5.63 Å². The molecule has 0 atom stereocenters. The Morgan fingerprint density at radius 2 is 1.70 bits per heavy atom. The van der Waals surface area contributed by atoms with Gasteiger partial charge in [-0.25, -0.2) is 4.79 Å². The van der Waals surface area contributed by atoms with Crippen LogP contribution in [0.4, 0.5) is 0 Å². The van der Waals surface area contributed by atoms with Gasteiger partial charge in [0.15, 0.2) is 0 Å². The molecule has 2 heterocycles. The second-order valence-corrected chi connectivity index (χ2v) is 6.11. The molecular weight excluding hydrogens is 296 g/mol. The zero-order valence-electron chi connectivity index (χ0n) is 12.6. The molecule has 0 aliphatic carbocycles. The summed E-state index contributed by atoms with van der Waals surface area (Å²) in [5, 5.41) is 20.0. The fourth-order valence-corrected chi connectivity index (χ4v) is 3.19. The molecule has 2 N–H and O–H groups in total. The van der Waals surface area contributed by atoms with Crippen LogP contribution in [0.5, 0.6) is 17.2 Å². The van der Waals surface area contributed by atoms with Crippen LogP contribution in [-0.4, -0.2) is 10.2 Å². The number of phenols is 2. The molecule has 5 heteroatoms. The lowest BCUT2D eigenvalue weighted by Gasteiger charge is -2.34. The maximum Gasteiger partial charge on any atom is 0.344 e. The van der Waals surface area contributed by atoms with Gasteiger partial charge in [0.05, 0.1) is 5.56 Å². The molecule has 1 aliphatic heterocycles. The molecule has 5 nitrogen and oxygen atoms in total. The standard InChI is InChI=1S/C18H14O5/c1-18(2)16-12-6-4-9(19)7-13(12)22-17(21)15(16)11-5-3-10(20)8-14(11)23-18/h3-8,19-20H,1-2H3. The van der Waals surface area contributed by atoms with Gasteiger partial charge in [-0.05, 0) is 38.1 Å². The minimum absolute atomic E-state index is 0.0282. The lowest BCUT2D eigenvalue weighted by atomic mass is 9.85. The molecule has 0 spiro atoms. The van der Waals surface area contributed by atoms with Gasteiger partial charge in [0.25, 0.3) is 0 Å². The Kier molecular flexibility index (Phi) is 2.55. The summed E-state index contributed by atoms with van der Waals surface area (Å²) in [6.07, 6.45) is 0. The normalized spacial score (nSPS) is 14.9. The van der Waals surface area contributed by atoms with Crippen LogP contribution in [0.3, 0.4) is 0 Å². The average molecular weight is 310 g/mol. The number of hydrogen-bond donors (Lipinski definition) is 2. The van der Waals surface area contributed by atoms with Gasteiger partial charge in [-0.3, -0.25) is 0 Å². The summed E-state index contributed by atoms with van der Waals surface area (Å²) in [5.74, 6) is 0.534. The van der Waals surface area contributed by atoms with Crippen molar-refractivity contribution in [2.24, 2.45) is 0 Å². The van der Waals surface area contributed by atoms with E-state index in [1.807, 2.05) is 13.8 Å². The molecule has 4 rings (SSSR count). The number of phenolic OH excluding ortho intramolecular Hbond substituents is 2. The van der Waals surface area contributed by atoms with Crippen LogP contribution in [-0.2, 0) is 5.60 Å². The van der Waals surface area contributed by atoms with E-state index in [0.29, 0.717) is 33.4 Å². The molecule has 23 heavy (non-hydrogen) atoms. The van der Waals surface area contributed by atoms with Gasteiger partial charge in [-0.1, -0.05) is 0 Å². The average Bonchev–Trinajstić information content (AvgIpc) is 2.45.